The van der Waals surface area contributed by atoms with Crippen molar-refractivity contribution in [1.29, 1.82) is 0 Å². The lowest BCUT2D eigenvalue weighted by molar-refractivity contribution is -0.135. The molecule has 3 amide bonds. The number of amides is 3. The molecule has 1 fully saturated rings. The summed E-state index contributed by atoms with van der Waals surface area (Å²) in [5.41, 5.74) is 0. The second kappa shape index (κ2) is 5.40. The number of thiophene rings is 1. The summed E-state index contributed by atoms with van der Waals surface area (Å²) in [5.74, 6) is -1.05. The zero-order chi connectivity index (χ0) is 14.0. The van der Waals surface area contributed by atoms with Crippen molar-refractivity contribution in [2.45, 2.75) is 20.0 Å². The second-order valence-corrected chi connectivity index (χ2v) is 5.47. The molecule has 0 spiro atoms. The summed E-state index contributed by atoms with van der Waals surface area (Å²) in [4.78, 5) is 37.5. The molecule has 0 bridgehead atoms. The van der Waals surface area contributed by atoms with Crippen LogP contribution in [-0.4, -0.2) is 42.0 Å². The Balaban J connectivity index is 1.97. The van der Waals surface area contributed by atoms with Crippen LogP contribution in [0.1, 0.15) is 21.5 Å². The fourth-order valence-corrected chi connectivity index (χ4v) is 2.47. The van der Waals surface area contributed by atoms with Gasteiger partial charge in [0.05, 0.1) is 0 Å². The summed E-state index contributed by atoms with van der Waals surface area (Å²) < 4.78 is 5.07. The van der Waals surface area contributed by atoms with Crippen LogP contribution in [0.2, 0.25) is 0 Å². The summed E-state index contributed by atoms with van der Waals surface area (Å²) in [6, 6.07) is 3.02. The lowest BCUT2D eigenvalue weighted by Crippen LogP contribution is -2.41. The molecule has 1 aromatic heterocycles. The number of hydrogen-bond donors (Lipinski definition) is 1. The topological polar surface area (TPSA) is 75.7 Å². The standard InChI is InChI=1S/C12H14N2O4S/c1-7-3-4-9(19-7)11(16)18-8(2)10(15)14-6-5-13-12(14)17/h3-4,8H,5-6H2,1-2H3,(H,13,17). The summed E-state index contributed by atoms with van der Waals surface area (Å²) in [6.45, 7) is 4.07. The molecule has 2 heterocycles. The van der Waals surface area contributed by atoms with E-state index in [1.807, 2.05) is 13.0 Å². The van der Waals surface area contributed by atoms with E-state index in [-0.39, 0.29) is 0 Å². The highest BCUT2D eigenvalue weighted by molar-refractivity contribution is 7.13. The van der Waals surface area contributed by atoms with Gasteiger partial charge in [-0.3, -0.25) is 9.69 Å². The van der Waals surface area contributed by atoms with Crippen LogP contribution in [-0.2, 0) is 9.53 Å². The second-order valence-electron chi connectivity index (χ2n) is 4.18. The predicted octanol–water partition coefficient (Wildman–Crippen LogP) is 1.15. The fraction of sp³-hybridized carbons (Fsp3) is 0.417. The van der Waals surface area contributed by atoms with Gasteiger partial charge in [-0.25, -0.2) is 9.59 Å². The van der Waals surface area contributed by atoms with E-state index in [9.17, 15) is 14.4 Å². The lowest BCUT2D eigenvalue weighted by atomic mass is 10.3. The van der Waals surface area contributed by atoms with Gasteiger partial charge in [0.2, 0.25) is 0 Å². The van der Waals surface area contributed by atoms with Gasteiger partial charge in [-0.2, -0.15) is 0 Å². The van der Waals surface area contributed by atoms with Crippen LogP contribution < -0.4 is 5.32 Å². The van der Waals surface area contributed by atoms with E-state index in [4.69, 9.17) is 4.74 Å². The van der Waals surface area contributed by atoms with E-state index in [2.05, 4.69) is 5.32 Å². The molecule has 1 unspecified atom stereocenters. The third kappa shape index (κ3) is 2.93. The monoisotopic (exact) mass is 282 g/mol. The number of aryl methyl sites for hydroxylation is 1. The molecular weight excluding hydrogens is 268 g/mol. The van der Waals surface area contributed by atoms with Crippen molar-refractivity contribution in [2.24, 2.45) is 0 Å². The number of urea groups is 1. The number of ether oxygens (including phenoxy) is 1. The van der Waals surface area contributed by atoms with E-state index in [0.29, 0.717) is 18.0 Å². The Labute approximate surface area is 114 Å². The molecule has 0 aromatic carbocycles. The lowest BCUT2D eigenvalue weighted by Gasteiger charge is -2.17. The number of esters is 1. The maximum absolute atomic E-state index is 11.9. The van der Waals surface area contributed by atoms with Crippen LogP contribution in [0.4, 0.5) is 4.79 Å². The Morgan fingerprint density at radius 3 is 2.74 bits per heavy atom. The van der Waals surface area contributed by atoms with Crippen LogP contribution in [0.25, 0.3) is 0 Å². The first-order valence-corrected chi connectivity index (χ1v) is 6.67. The number of hydrogen-bond acceptors (Lipinski definition) is 5. The molecule has 2 rings (SSSR count). The van der Waals surface area contributed by atoms with E-state index in [1.54, 1.807) is 6.07 Å². The van der Waals surface area contributed by atoms with Gasteiger partial charge in [-0.15, -0.1) is 11.3 Å². The minimum absolute atomic E-state index is 0.303. The van der Waals surface area contributed by atoms with Crippen LogP contribution in [0.5, 0.6) is 0 Å². The Morgan fingerprint density at radius 2 is 2.21 bits per heavy atom. The largest absolute Gasteiger partial charge is 0.448 e. The van der Waals surface area contributed by atoms with E-state index >= 15 is 0 Å². The summed E-state index contributed by atoms with van der Waals surface area (Å²) >= 11 is 1.30. The van der Waals surface area contributed by atoms with Crippen molar-refractivity contribution in [2.75, 3.05) is 13.1 Å². The third-order valence-corrected chi connectivity index (χ3v) is 3.68. The highest BCUT2D eigenvalue weighted by Crippen LogP contribution is 2.17. The number of nitrogens with zero attached hydrogens (tertiary/aromatic N) is 1. The molecule has 102 valence electrons. The van der Waals surface area contributed by atoms with Gasteiger partial charge in [-0.05, 0) is 26.0 Å². The zero-order valence-corrected chi connectivity index (χ0v) is 11.5. The molecule has 1 aliphatic heterocycles. The maximum Gasteiger partial charge on any atom is 0.349 e. The highest BCUT2D eigenvalue weighted by atomic mass is 32.1. The van der Waals surface area contributed by atoms with Gasteiger partial charge >= 0.3 is 12.0 Å². The van der Waals surface area contributed by atoms with Crippen molar-refractivity contribution < 1.29 is 19.1 Å². The molecule has 0 aliphatic carbocycles. The summed E-state index contributed by atoms with van der Waals surface area (Å²) in [7, 11) is 0. The Hall–Kier alpha value is -1.89. The number of nitrogens with one attached hydrogen (secondary N) is 1. The fourth-order valence-electron chi connectivity index (χ4n) is 1.71. The number of carbonyl (C=O) groups excluding carboxylic acids is 3. The SMILES string of the molecule is Cc1ccc(C(=O)OC(C)C(=O)N2CCNC2=O)s1. The number of imide groups is 1. The smallest absolute Gasteiger partial charge is 0.349 e. The van der Waals surface area contributed by atoms with Gasteiger partial charge in [0.1, 0.15) is 4.88 Å². The van der Waals surface area contributed by atoms with Crippen molar-refractivity contribution in [3.05, 3.63) is 21.9 Å². The normalized spacial score (nSPS) is 16.1. The van der Waals surface area contributed by atoms with Crippen LogP contribution in [0.3, 0.4) is 0 Å². The van der Waals surface area contributed by atoms with Gasteiger partial charge in [0.15, 0.2) is 6.10 Å². The van der Waals surface area contributed by atoms with Crippen LogP contribution in [0, 0.1) is 6.92 Å². The minimum atomic E-state index is -0.973. The third-order valence-electron chi connectivity index (χ3n) is 2.70. The first-order chi connectivity index (χ1) is 8.99. The quantitative estimate of drug-likeness (QED) is 0.844. The number of rotatable bonds is 3. The highest BCUT2D eigenvalue weighted by Gasteiger charge is 2.31. The molecule has 0 radical (unpaired) electrons. The average Bonchev–Trinajstić information content (AvgIpc) is 2.97. The van der Waals surface area contributed by atoms with Crippen molar-refractivity contribution >= 4 is 29.2 Å². The molecule has 7 heteroatoms. The van der Waals surface area contributed by atoms with Crippen LogP contribution in [0.15, 0.2) is 12.1 Å². The summed E-state index contributed by atoms with van der Waals surface area (Å²) in [5, 5.41) is 2.52. The van der Waals surface area contributed by atoms with Crippen molar-refractivity contribution in [3.63, 3.8) is 0 Å². The van der Waals surface area contributed by atoms with Gasteiger partial charge in [-0.1, -0.05) is 0 Å². The van der Waals surface area contributed by atoms with E-state index < -0.39 is 24.0 Å². The molecule has 1 atom stereocenters. The molecule has 19 heavy (non-hydrogen) atoms. The number of carbonyl (C=O) groups is 3. The molecule has 6 nitrogen and oxygen atoms in total. The van der Waals surface area contributed by atoms with E-state index in [0.717, 1.165) is 9.78 Å². The molecule has 1 aromatic rings. The molecule has 1 N–H and O–H groups in total. The average molecular weight is 282 g/mol. The summed E-state index contributed by atoms with van der Waals surface area (Å²) in [6.07, 6.45) is -0.973. The molecule has 0 saturated carbocycles. The van der Waals surface area contributed by atoms with Gasteiger partial charge in [0.25, 0.3) is 5.91 Å². The first kappa shape index (κ1) is 13.5. The van der Waals surface area contributed by atoms with E-state index in [1.165, 1.54) is 18.3 Å². The Bertz CT molecular complexity index is 526. The predicted molar refractivity (Wildman–Crippen MR) is 69.0 cm³/mol. The van der Waals surface area contributed by atoms with Crippen LogP contribution >= 0.6 is 11.3 Å². The zero-order valence-electron chi connectivity index (χ0n) is 10.6. The Kier molecular flexibility index (Phi) is 3.84. The van der Waals surface area contributed by atoms with Gasteiger partial charge < -0.3 is 10.1 Å². The minimum Gasteiger partial charge on any atom is -0.448 e. The van der Waals surface area contributed by atoms with Gasteiger partial charge in [0, 0.05) is 18.0 Å². The molecular formula is C12H14N2O4S. The van der Waals surface area contributed by atoms with Crippen molar-refractivity contribution in [1.82, 2.24) is 10.2 Å². The molecule has 1 aliphatic rings. The maximum atomic E-state index is 11.9. The van der Waals surface area contributed by atoms with Crippen molar-refractivity contribution in [3.8, 4) is 0 Å². The Morgan fingerprint density at radius 1 is 1.47 bits per heavy atom. The first-order valence-electron chi connectivity index (χ1n) is 5.85. The molecule has 1 saturated heterocycles.